The number of amides is 1. The van der Waals surface area contributed by atoms with Crippen LogP contribution in [0.2, 0.25) is 0 Å². The topological polar surface area (TPSA) is 70.7 Å². The van der Waals surface area contributed by atoms with Crippen molar-refractivity contribution in [2.24, 2.45) is 0 Å². The number of nitrogens with one attached hydrogen (secondary N) is 1. The van der Waals surface area contributed by atoms with Gasteiger partial charge in [-0.2, -0.15) is 0 Å². The molecule has 7 nitrogen and oxygen atoms in total. The minimum absolute atomic E-state index is 0.114. The lowest BCUT2D eigenvalue weighted by Gasteiger charge is -2.35. The number of carbonyl (C=O) groups excluding carboxylic acids is 1. The molecule has 1 aliphatic heterocycles. The van der Waals surface area contributed by atoms with Crippen molar-refractivity contribution in [3.05, 3.63) is 82.2 Å². The lowest BCUT2D eigenvalue weighted by molar-refractivity contribution is 0.0994. The van der Waals surface area contributed by atoms with E-state index in [0.717, 1.165) is 44.0 Å². The van der Waals surface area contributed by atoms with E-state index >= 15 is 0 Å². The van der Waals surface area contributed by atoms with E-state index in [1.807, 2.05) is 13.0 Å². The molecule has 1 fully saturated rings. The number of rotatable bonds is 6. The molecule has 31 heavy (non-hydrogen) atoms. The summed E-state index contributed by atoms with van der Waals surface area (Å²) >= 11 is 0. The number of carbonyl (C=O) groups is 1. The average Bonchev–Trinajstić information content (AvgIpc) is 3.25. The third-order valence-corrected chi connectivity index (χ3v) is 5.75. The average molecular weight is 421 g/mol. The van der Waals surface area contributed by atoms with Crippen LogP contribution in [0.25, 0.3) is 0 Å². The Balaban J connectivity index is 1.40. The summed E-state index contributed by atoms with van der Waals surface area (Å²) in [5.74, 6) is 0.467. The van der Waals surface area contributed by atoms with E-state index in [2.05, 4.69) is 34.2 Å². The summed E-state index contributed by atoms with van der Waals surface area (Å²) in [6.07, 6.45) is 1.69. The maximum absolute atomic E-state index is 12.7. The Bertz CT molecular complexity index is 1110. The number of hydrogen-bond donors (Lipinski definition) is 1. The molecule has 0 unspecified atom stereocenters. The number of hydrogen-bond acceptors (Lipinski definition) is 5. The first-order valence-electron chi connectivity index (χ1n) is 10.7. The quantitative estimate of drug-likeness (QED) is 0.663. The molecule has 0 spiro atoms. The van der Waals surface area contributed by atoms with Crippen molar-refractivity contribution < 1.29 is 9.21 Å². The van der Waals surface area contributed by atoms with Gasteiger partial charge in [-0.3, -0.25) is 9.59 Å². The number of benzene rings is 1. The van der Waals surface area contributed by atoms with Crippen LogP contribution >= 0.6 is 0 Å². The number of aryl methyl sites for hydroxylation is 1. The summed E-state index contributed by atoms with van der Waals surface area (Å²) in [6.45, 7) is 9.74. The molecule has 3 heterocycles. The van der Waals surface area contributed by atoms with Crippen LogP contribution in [-0.2, 0) is 6.54 Å². The Hall–Kier alpha value is -3.32. The molecule has 4 rings (SSSR count). The lowest BCUT2D eigenvalue weighted by Crippen LogP contribution is -2.46. The number of furan rings is 1. The van der Waals surface area contributed by atoms with E-state index in [1.54, 1.807) is 30.5 Å². The van der Waals surface area contributed by atoms with Crippen molar-refractivity contribution in [3.8, 4) is 0 Å². The van der Waals surface area contributed by atoms with Crippen molar-refractivity contribution in [2.45, 2.75) is 20.4 Å². The number of anilines is 2. The lowest BCUT2D eigenvalue weighted by atomic mass is 10.1. The monoisotopic (exact) mass is 420 g/mol. The van der Waals surface area contributed by atoms with Crippen LogP contribution in [0, 0.1) is 6.92 Å². The van der Waals surface area contributed by atoms with Crippen LogP contribution in [0.3, 0.4) is 0 Å². The van der Waals surface area contributed by atoms with Crippen LogP contribution in [0.4, 0.5) is 11.4 Å². The van der Waals surface area contributed by atoms with Gasteiger partial charge in [0.25, 0.3) is 11.5 Å². The molecule has 0 atom stereocenters. The smallest absolute Gasteiger partial charge is 0.291 e. The maximum Gasteiger partial charge on any atom is 0.291 e. The zero-order chi connectivity index (χ0) is 21.8. The summed E-state index contributed by atoms with van der Waals surface area (Å²) in [4.78, 5) is 29.3. The fraction of sp³-hybridized carbons (Fsp3) is 0.333. The van der Waals surface area contributed by atoms with Gasteiger partial charge in [-0.1, -0.05) is 13.0 Å². The molecular formula is C24H28N4O3. The highest BCUT2D eigenvalue weighted by atomic mass is 16.4. The Labute approximate surface area is 181 Å². The predicted octanol–water partition coefficient (Wildman–Crippen LogP) is 3.19. The van der Waals surface area contributed by atoms with Gasteiger partial charge in [0.2, 0.25) is 0 Å². The fourth-order valence-electron chi connectivity index (χ4n) is 3.84. The van der Waals surface area contributed by atoms with Crippen LogP contribution in [-0.4, -0.2) is 48.1 Å². The minimum atomic E-state index is -0.306. The standard InChI is InChI=1S/C24H28N4O3/c1-3-26-12-14-27(15-13-26)19-7-9-21(18(2)16-19)25-24(30)22-10-8-20(31-22)17-28-11-5-4-6-23(28)29/h4-11,16H,3,12-15,17H2,1-2H3,(H,25,30). The van der Waals surface area contributed by atoms with Gasteiger partial charge in [-0.15, -0.1) is 0 Å². The summed E-state index contributed by atoms with van der Waals surface area (Å²) in [6, 6.07) is 14.4. The third-order valence-electron chi connectivity index (χ3n) is 5.75. The molecule has 1 amide bonds. The Kier molecular flexibility index (Phi) is 6.23. The minimum Gasteiger partial charge on any atom is -0.454 e. The highest BCUT2D eigenvalue weighted by molar-refractivity contribution is 6.02. The fourth-order valence-corrected chi connectivity index (χ4v) is 3.84. The van der Waals surface area contributed by atoms with Gasteiger partial charge in [-0.25, -0.2) is 0 Å². The Morgan fingerprint density at radius 2 is 1.87 bits per heavy atom. The first-order valence-corrected chi connectivity index (χ1v) is 10.7. The van der Waals surface area contributed by atoms with E-state index in [9.17, 15) is 9.59 Å². The predicted molar refractivity (Wildman–Crippen MR) is 122 cm³/mol. The molecule has 1 aliphatic rings. The molecule has 162 valence electrons. The van der Waals surface area contributed by atoms with Crippen molar-refractivity contribution in [1.29, 1.82) is 0 Å². The van der Waals surface area contributed by atoms with Crippen LogP contribution in [0.5, 0.6) is 0 Å². The number of pyridine rings is 1. The van der Waals surface area contributed by atoms with Gasteiger partial charge in [0.05, 0.1) is 6.54 Å². The van der Waals surface area contributed by atoms with Gasteiger partial charge in [-0.05, 0) is 55.4 Å². The molecule has 1 N–H and O–H groups in total. The van der Waals surface area contributed by atoms with Gasteiger partial charge < -0.3 is 24.1 Å². The van der Waals surface area contributed by atoms with Crippen LogP contribution < -0.4 is 15.8 Å². The van der Waals surface area contributed by atoms with Crippen LogP contribution in [0.15, 0.2) is 63.9 Å². The number of piperazine rings is 1. The van der Waals surface area contributed by atoms with Gasteiger partial charge >= 0.3 is 0 Å². The number of nitrogens with zero attached hydrogens (tertiary/aromatic N) is 3. The van der Waals surface area contributed by atoms with E-state index in [-0.39, 0.29) is 23.8 Å². The molecule has 1 aromatic carbocycles. The molecule has 0 aliphatic carbocycles. The number of aromatic nitrogens is 1. The van der Waals surface area contributed by atoms with Crippen LogP contribution in [0.1, 0.15) is 28.8 Å². The van der Waals surface area contributed by atoms with E-state index < -0.39 is 0 Å². The second-order valence-electron chi connectivity index (χ2n) is 7.81. The molecule has 2 aromatic heterocycles. The summed E-state index contributed by atoms with van der Waals surface area (Å²) in [7, 11) is 0. The van der Waals surface area contributed by atoms with Gasteiger partial charge in [0.1, 0.15) is 5.76 Å². The normalized spacial score (nSPS) is 14.6. The molecule has 3 aromatic rings. The van der Waals surface area contributed by atoms with Crippen molar-refractivity contribution in [1.82, 2.24) is 9.47 Å². The van der Waals surface area contributed by atoms with E-state index in [1.165, 1.54) is 16.3 Å². The highest BCUT2D eigenvalue weighted by Gasteiger charge is 2.17. The van der Waals surface area contributed by atoms with Crippen molar-refractivity contribution in [3.63, 3.8) is 0 Å². The highest BCUT2D eigenvalue weighted by Crippen LogP contribution is 2.24. The molecule has 0 radical (unpaired) electrons. The first kappa shape index (κ1) is 20.9. The van der Waals surface area contributed by atoms with Crippen molar-refractivity contribution in [2.75, 3.05) is 42.9 Å². The summed E-state index contributed by atoms with van der Waals surface area (Å²) < 4.78 is 7.20. The molecule has 1 saturated heterocycles. The Morgan fingerprint density at radius 1 is 1.06 bits per heavy atom. The van der Waals surface area contributed by atoms with Gasteiger partial charge in [0, 0.05) is 49.8 Å². The zero-order valence-corrected chi connectivity index (χ0v) is 18.0. The Morgan fingerprint density at radius 3 is 2.58 bits per heavy atom. The summed E-state index contributed by atoms with van der Waals surface area (Å²) in [5.41, 5.74) is 2.83. The maximum atomic E-state index is 12.7. The van der Waals surface area contributed by atoms with E-state index in [0.29, 0.717) is 5.76 Å². The van der Waals surface area contributed by atoms with E-state index in [4.69, 9.17) is 4.42 Å². The SMILES string of the molecule is CCN1CCN(c2ccc(NC(=O)c3ccc(Cn4ccccc4=O)o3)c(C)c2)CC1. The second kappa shape index (κ2) is 9.22. The largest absolute Gasteiger partial charge is 0.454 e. The zero-order valence-electron chi connectivity index (χ0n) is 18.0. The second-order valence-corrected chi connectivity index (χ2v) is 7.81. The molecule has 7 heteroatoms. The van der Waals surface area contributed by atoms with Crippen molar-refractivity contribution >= 4 is 17.3 Å². The molecular weight excluding hydrogens is 392 g/mol. The van der Waals surface area contributed by atoms with Gasteiger partial charge in [0.15, 0.2) is 5.76 Å². The summed E-state index contributed by atoms with van der Waals surface area (Å²) in [5, 5.41) is 2.93. The number of likely N-dealkylation sites (N-methyl/N-ethyl adjacent to an activating group) is 1. The first-order chi connectivity index (χ1) is 15.0. The molecule has 0 bridgehead atoms. The third kappa shape index (κ3) is 4.88. The molecule has 0 saturated carbocycles.